The number of carbonyl (C=O) groups excluding carboxylic acids is 3. The van der Waals surface area contributed by atoms with E-state index in [1.807, 2.05) is 0 Å². The second-order valence-electron chi connectivity index (χ2n) is 17.1. The normalized spacial score (nSPS) is 12.6. The van der Waals surface area contributed by atoms with Gasteiger partial charge >= 0.3 is 17.9 Å². The quantitative estimate of drug-likeness (QED) is 0.0262. The maximum absolute atomic E-state index is 12.7. The van der Waals surface area contributed by atoms with E-state index in [0.29, 0.717) is 19.3 Å². The molecule has 0 aliphatic heterocycles. The largest absolute Gasteiger partial charge is 0.462 e. The summed E-state index contributed by atoms with van der Waals surface area (Å²) in [4.78, 5) is 37.9. The highest BCUT2D eigenvalue weighted by Crippen LogP contribution is 2.15. The van der Waals surface area contributed by atoms with Crippen LogP contribution >= 0.6 is 0 Å². The molecule has 0 rings (SSSR count). The molecular weight excluding hydrogens is 769 g/mol. The number of ether oxygens (including phenoxy) is 3. The van der Waals surface area contributed by atoms with Crippen LogP contribution in [0.4, 0.5) is 0 Å². The third-order valence-corrected chi connectivity index (χ3v) is 11.0. The highest BCUT2D eigenvalue weighted by Gasteiger charge is 2.19. The summed E-state index contributed by atoms with van der Waals surface area (Å²) in [6, 6.07) is 0. The number of esters is 3. The molecule has 1 unspecified atom stereocenters. The van der Waals surface area contributed by atoms with E-state index in [9.17, 15) is 14.4 Å². The molecule has 0 radical (unpaired) electrons. The maximum Gasteiger partial charge on any atom is 0.306 e. The molecule has 6 nitrogen and oxygen atoms in total. The third kappa shape index (κ3) is 47.9. The van der Waals surface area contributed by atoms with Gasteiger partial charge in [-0.25, -0.2) is 0 Å². The van der Waals surface area contributed by atoms with Gasteiger partial charge in [0.25, 0.3) is 0 Å². The smallest absolute Gasteiger partial charge is 0.306 e. The van der Waals surface area contributed by atoms with Crippen molar-refractivity contribution in [2.75, 3.05) is 13.2 Å². The molecular formula is C56H96O6. The van der Waals surface area contributed by atoms with Gasteiger partial charge in [-0.15, -0.1) is 0 Å². The van der Waals surface area contributed by atoms with Crippen molar-refractivity contribution in [3.8, 4) is 0 Å². The van der Waals surface area contributed by atoms with Crippen molar-refractivity contribution < 1.29 is 28.6 Å². The van der Waals surface area contributed by atoms with Gasteiger partial charge in [0.15, 0.2) is 6.10 Å². The van der Waals surface area contributed by atoms with Gasteiger partial charge in [-0.2, -0.15) is 0 Å². The molecule has 0 aromatic carbocycles. The first-order chi connectivity index (χ1) is 30.5. The summed E-state index contributed by atoms with van der Waals surface area (Å²) in [7, 11) is 0. The Hall–Kier alpha value is -3.15. The van der Waals surface area contributed by atoms with Crippen LogP contribution in [0.5, 0.6) is 0 Å². The number of carbonyl (C=O) groups is 3. The summed E-state index contributed by atoms with van der Waals surface area (Å²) in [5.74, 6) is -0.906. The predicted molar refractivity (Wildman–Crippen MR) is 265 cm³/mol. The van der Waals surface area contributed by atoms with E-state index >= 15 is 0 Å². The van der Waals surface area contributed by atoms with Crippen molar-refractivity contribution in [2.45, 2.75) is 252 Å². The minimum atomic E-state index is -0.780. The van der Waals surface area contributed by atoms with Crippen LogP contribution in [-0.4, -0.2) is 37.2 Å². The van der Waals surface area contributed by atoms with Crippen LogP contribution < -0.4 is 0 Å². The van der Waals surface area contributed by atoms with Crippen molar-refractivity contribution in [1.29, 1.82) is 0 Å². The molecule has 0 N–H and O–H groups in total. The van der Waals surface area contributed by atoms with Gasteiger partial charge in [-0.3, -0.25) is 14.4 Å². The lowest BCUT2D eigenvalue weighted by Crippen LogP contribution is -2.30. The lowest BCUT2D eigenvalue weighted by atomic mass is 10.1. The van der Waals surface area contributed by atoms with E-state index in [4.69, 9.17) is 14.2 Å². The third-order valence-electron chi connectivity index (χ3n) is 11.0. The Bertz CT molecular complexity index is 1180. The second-order valence-corrected chi connectivity index (χ2v) is 17.1. The van der Waals surface area contributed by atoms with Crippen molar-refractivity contribution >= 4 is 17.9 Å². The molecule has 0 saturated heterocycles. The van der Waals surface area contributed by atoms with E-state index in [1.165, 1.54) is 96.3 Å². The van der Waals surface area contributed by atoms with Gasteiger partial charge < -0.3 is 14.2 Å². The SMILES string of the molecule is CC/C=C\C/C=C\C/C=C\C/C=C\C/C=C\C/C=C\CCCCCCC(=O)OCC(COC(=O)CCCCCCCCCCCC)OC(=O)CCCCCCCCCCCCC. The van der Waals surface area contributed by atoms with Gasteiger partial charge in [0, 0.05) is 19.3 Å². The number of hydrogen-bond donors (Lipinski definition) is 0. The first-order valence-corrected chi connectivity index (χ1v) is 25.9. The minimum absolute atomic E-state index is 0.0809. The Morgan fingerprint density at radius 1 is 0.339 bits per heavy atom. The molecule has 0 aliphatic carbocycles. The zero-order valence-electron chi connectivity index (χ0n) is 40.6. The first kappa shape index (κ1) is 58.9. The maximum atomic E-state index is 12.7. The van der Waals surface area contributed by atoms with Crippen LogP contribution in [0, 0.1) is 0 Å². The predicted octanol–water partition coefficient (Wildman–Crippen LogP) is 17.0. The topological polar surface area (TPSA) is 78.9 Å². The molecule has 62 heavy (non-hydrogen) atoms. The first-order valence-electron chi connectivity index (χ1n) is 25.9. The Labute approximate surface area is 382 Å². The summed E-state index contributed by atoms with van der Waals surface area (Å²) in [5, 5.41) is 0. The van der Waals surface area contributed by atoms with E-state index in [0.717, 1.165) is 109 Å². The van der Waals surface area contributed by atoms with Gasteiger partial charge in [-0.1, -0.05) is 229 Å². The molecule has 356 valence electrons. The van der Waals surface area contributed by atoms with E-state index in [2.05, 4.69) is 93.7 Å². The average molecular weight is 865 g/mol. The van der Waals surface area contributed by atoms with Crippen LogP contribution in [0.1, 0.15) is 245 Å². The highest BCUT2D eigenvalue weighted by atomic mass is 16.6. The molecule has 0 aliphatic rings. The molecule has 0 amide bonds. The van der Waals surface area contributed by atoms with Crippen LogP contribution in [0.25, 0.3) is 0 Å². The Balaban J connectivity index is 4.32. The monoisotopic (exact) mass is 865 g/mol. The molecule has 0 heterocycles. The Morgan fingerprint density at radius 2 is 0.629 bits per heavy atom. The van der Waals surface area contributed by atoms with Crippen molar-refractivity contribution in [2.24, 2.45) is 0 Å². The molecule has 0 aromatic rings. The number of allylic oxidation sites excluding steroid dienone is 12. The van der Waals surface area contributed by atoms with E-state index in [1.54, 1.807) is 0 Å². The van der Waals surface area contributed by atoms with E-state index < -0.39 is 6.10 Å². The fourth-order valence-corrected chi connectivity index (χ4v) is 7.09. The molecule has 0 aromatic heterocycles. The van der Waals surface area contributed by atoms with Gasteiger partial charge in [0.05, 0.1) is 0 Å². The number of unbranched alkanes of at least 4 members (excludes halogenated alkanes) is 23. The molecule has 0 bridgehead atoms. The Kier molecular flexibility index (Phi) is 47.9. The average Bonchev–Trinajstić information content (AvgIpc) is 3.27. The molecule has 0 saturated carbocycles. The van der Waals surface area contributed by atoms with Crippen LogP contribution in [0.2, 0.25) is 0 Å². The lowest BCUT2D eigenvalue weighted by molar-refractivity contribution is -0.167. The van der Waals surface area contributed by atoms with Crippen LogP contribution in [0.3, 0.4) is 0 Å². The lowest BCUT2D eigenvalue weighted by Gasteiger charge is -2.18. The van der Waals surface area contributed by atoms with Gasteiger partial charge in [0.2, 0.25) is 0 Å². The number of hydrogen-bond acceptors (Lipinski definition) is 6. The van der Waals surface area contributed by atoms with Crippen molar-refractivity contribution in [3.05, 3.63) is 72.9 Å². The summed E-state index contributed by atoms with van der Waals surface area (Å²) in [6.45, 7) is 6.48. The molecule has 1 atom stereocenters. The highest BCUT2D eigenvalue weighted by molar-refractivity contribution is 5.71. The van der Waals surface area contributed by atoms with Crippen molar-refractivity contribution in [3.63, 3.8) is 0 Å². The summed E-state index contributed by atoms with van der Waals surface area (Å²) in [5.41, 5.74) is 0. The second kappa shape index (κ2) is 50.5. The van der Waals surface area contributed by atoms with Gasteiger partial charge in [0.1, 0.15) is 13.2 Å². The summed E-state index contributed by atoms with van der Waals surface area (Å²) >= 11 is 0. The van der Waals surface area contributed by atoms with Gasteiger partial charge in [-0.05, 0) is 70.6 Å². The molecule has 6 heteroatoms. The fourth-order valence-electron chi connectivity index (χ4n) is 7.09. The minimum Gasteiger partial charge on any atom is -0.462 e. The van der Waals surface area contributed by atoms with Crippen LogP contribution in [-0.2, 0) is 28.6 Å². The standard InChI is InChI=1S/C56H96O6/c1-4-7-10-13-16-19-22-23-24-25-26-27-28-29-30-31-32-33-35-37-40-43-46-49-55(58)61-52-53(51-60-54(57)48-45-42-39-36-21-18-15-12-9-6-3)62-56(59)50-47-44-41-38-34-20-17-14-11-8-5-2/h7,10,16,19,23-24,26-27,29-30,32-33,53H,4-6,8-9,11-15,17-18,20-22,25,28,31,34-52H2,1-3H3/b10-7-,19-16-,24-23-,27-26-,30-29-,33-32-. The zero-order chi connectivity index (χ0) is 45.1. The number of rotatable bonds is 46. The van der Waals surface area contributed by atoms with Crippen LogP contribution in [0.15, 0.2) is 72.9 Å². The van der Waals surface area contributed by atoms with Crippen molar-refractivity contribution in [1.82, 2.24) is 0 Å². The Morgan fingerprint density at radius 3 is 0.984 bits per heavy atom. The summed E-state index contributed by atoms with van der Waals surface area (Å²) < 4.78 is 16.7. The fraction of sp³-hybridized carbons (Fsp3) is 0.732. The zero-order valence-corrected chi connectivity index (χ0v) is 40.6. The molecule has 0 spiro atoms. The molecule has 0 fully saturated rings. The summed E-state index contributed by atoms with van der Waals surface area (Å²) in [6.07, 6.45) is 63.2. The van der Waals surface area contributed by atoms with E-state index in [-0.39, 0.29) is 31.1 Å².